The van der Waals surface area contributed by atoms with Crippen molar-refractivity contribution in [1.29, 1.82) is 0 Å². The first-order valence-corrected chi connectivity index (χ1v) is 6.09. The summed E-state index contributed by atoms with van der Waals surface area (Å²) in [7, 11) is 0. The van der Waals surface area contributed by atoms with Gasteiger partial charge >= 0.3 is 6.09 Å². The lowest BCUT2D eigenvalue weighted by atomic mass is 10.2. The topological polar surface area (TPSA) is 73.4 Å². The molecule has 2 N–H and O–H groups in total. The summed E-state index contributed by atoms with van der Waals surface area (Å²) in [4.78, 5) is 13.7. The van der Waals surface area contributed by atoms with Crippen molar-refractivity contribution in [2.45, 2.75) is 45.5 Å². The molecule has 1 aromatic heterocycles. The van der Waals surface area contributed by atoms with Gasteiger partial charge in [0.05, 0.1) is 18.8 Å². The predicted octanol–water partition coefficient (Wildman–Crippen LogP) is 0.961. The number of nitrogens with two attached hydrogens (primary N) is 1. The minimum absolute atomic E-state index is 0.126. The first kappa shape index (κ1) is 12.9. The molecule has 1 aliphatic heterocycles. The number of carbonyl (C=O) groups is 1. The van der Waals surface area contributed by atoms with E-state index in [0.29, 0.717) is 19.6 Å². The van der Waals surface area contributed by atoms with Gasteiger partial charge in [-0.3, -0.25) is 4.68 Å². The van der Waals surface area contributed by atoms with Crippen LogP contribution >= 0.6 is 0 Å². The molecule has 1 aromatic rings. The van der Waals surface area contributed by atoms with Gasteiger partial charge in [0.25, 0.3) is 0 Å². The Kier molecular flexibility index (Phi) is 3.30. The molecule has 0 bridgehead atoms. The summed E-state index contributed by atoms with van der Waals surface area (Å²) in [5.74, 6) is 0. The van der Waals surface area contributed by atoms with Gasteiger partial charge in [-0.2, -0.15) is 5.10 Å². The molecule has 6 heteroatoms. The number of hydrogen-bond acceptors (Lipinski definition) is 4. The monoisotopic (exact) mass is 252 g/mol. The maximum absolute atomic E-state index is 12.1. The average Bonchev–Trinajstić information content (AvgIpc) is 2.55. The molecule has 2 rings (SSSR count). The van der Waals surface area contributed by atoms with Crippen molar-refractivity contribution in [3.8, 4) is 0 Å². The highest BCUT2D eigenvalue weighted by Gasteiger charge is 2.27. The van der Waals surface area contributed by atoms with Gasteiger partial charge in [0.2, 0.25) is 0 Å². The van der Waals surface area contributed by atoms with Crippen LogP contribution in [0.1, 0.15) is 26.5 Å². The van der Waals surface area contributed by atoms with Crippen molar-refractivity contribution in [3.63, 3.8) is 0 Å². The Balaban J connectivity index is 2.12. The molecule has 0 aliphatic carbocycles. The highest BCUT2D eigenvalue weighted by Crippen LogP contribution is 2.15. The number of carbonyl (C=O) groups excluding carboxylic acids is 1. The van der Waals surface area contributed by atoms with Gasteiger partial charge in [-0.05, 0) is 26.8 Å². The SMILES string of the molecule is CC(C)(C)OC(=O)N1Cc2ccnn2CC(N)C1. The lowest BCUT2D eigenvalue weighted by molar-refractivity contribution is 0.0228. The molecule has 0 fully saturated rings. The molecule has 2 heterocycles. The second-order valence-electron chi connectivity index (χ2n) is 5.63. The van der Waals surface area contributed by atoms with Crippen molar-refractivity contribution < 1.29 is 9.53 Å². The lowest BCUT2D eigenvalue weighted by Crippen LogP contribution is -2.42. The quantitative estimate of drug-likeness (QED) is 0.746. The average molecular weight is 252 g/mol. The van der Waals surface area contributed by atoms with Crippen LogP contribution in [0, 0.1) is 0 Å². The molecule has 6 nitrogen and oxygen atoms in total. The van der Waals surface area contributed by atoms with E-state index in [4.69, 9.17) is 10.5 Å². The van der Waals surface area contributed by atoms with Gasteiger partial charge in [0, 0.05) is 18.8 Å². The van der Waals surface area contributed by atoms with Crippen LogP contribution in [0.3, 0.4) is 0 Å². The molecule has 0 spiro atoms. The molecule has 1 aliphatic rings. The smallest absolute Gasteiger partial charge is 0.410 e. The van der Waals surface area contributed by atoms with E-state index in [0.717, 1.165) is 5.69 Å². The van der Waals surface area contributed by atoms with Crippen molar-refractivity contribution in [3.05, 3.63) is 18.0 Å². The maximum atomic E-state index is 12.1. The van der Waals surface area contributed by atoms with Crippen molar-refractivity contribution >= 4 is 6.09 Å². The molecule has 1 amide bonds. The number of rotatable bonds is 0. The van der Waals surface area contributed by atoms with Gasteiger partial charge in [-0.1, -0.05) is 0 Å². The van der Waals surface area contributed by atoms with Crippen molar-refractivity contribution in [1.82, 2.24) is 14.7 Å². The van der Waals surface area contributed by atoms with Gasteiger partial charge in [0.1, 0.15) is 5.60 Å². The first-order chi connectivity index (χ1) is 8.35. The van der Waals surface area contributed by atoms with Crippen LogP contribution in [0.2, 0.25) is 0 Å². The van der Waals surface area contributed by atoms with Gasteiger partial charge in [-0.15, -0.1) is 0 Å². The van der Waals surface area contributed by atoms with Gasteiger partial charge < -0.3 is 15.4 Å². The van der Waals surface area contributed by atoms with E-state index in [-0.39, 0.29) is 12.1 Å². The largest absolute Gasteiger partial charge is 0.444 e. The number of fused-ring (bicyclic) bond motifs is 1. The van der Waals surface area contributed by atoms with Crippen LogP contribution in [0.25, 0.3) is 0 Å². The fraction of sp³-hybridized carbons (Fsp3) is 0.667. The van der Waals surface area contributed by atoms with Crippen molar-refractivity contribution in [2.24, 2.45) is 5.73 Å². The molecule has 1 atom stereocenters. The van der Waals surface area contributed by atoms with Gasteiger partial charge in [-0.25, -0.2) is 4.79 Å². The van der Waals surface area contributed by atoms with Crippen LogP contribution in [0.4, 0.5) is 4.79 Å². The van der Waals surface area contributed by atoms with Crippen LogP contribution in [0.5, 0.6) is 0 Å². The summed E-state index contributed by atoms with van der Waals surface area (Å²) in [5.41, 5.74) is 6.48. The maximum Gasteiger partial charge on any atom is 0.410 e. The van der Waals surface area contributed by atoms with E-state index in [1.54, 1.807) is 11.1 Å². The fourth-order valence-electron chi connectivity index (χ4n) is 1.95. The van der Waals surface area contributed by atoms with Crippen LogP contribution in [0.15, 0.2) is 12.3 Å². The standard InChI is InChI=1S/C12H20N4O2/c1-12(2,3)18-11(17)15-6-9(13)7-16-10(8-15)4-5-14-16/h4-5,9H,6-8,13H2,1-3H3. The summed E-state index contributed by atoms with van der Waals surface area (Å²) >= 11 is 0. The highest BCUT2D eigenvalue weighted by atomic mass is 16.6. The molecule has 0 aromatic carbocycles. The Bertz CT molecular complexity index is 436. The van der Waals surface area contributed by atoms with Crippen LogP contribution in [-0.2, 0) is 17.8 Å². The third-order valence-electron chi connectivity index (χ3n) is 2.67. The van der Waals surface area contributed by atoms with E-state index < -0.39 is 5.60 Å². The summed E-state index contributed by atoms with van der Waals surface area (Å²) in [5, 5.41) is 4.19. The third kappa shape index (κ3) is 3.01. The normalized spacial score (nSPS) is 20.2. The molecule has 0 radical (unpaired) electrons. The first-order valence-electron chi connectivity index (χ1n) is 6.09. The van der Waals surface area contributed by atoms with Crippen LogP contribution in [-0.4, -0.2) is 39.0 Å². The Hall–Kier alpha value is -1.56. The zero-order valence-electron chi connectivity index (χ0n) is 11.1. The third-order valence-corrected chi connectivity index (χ3v) is 2.67. The minimum atomic E-state index is -0.492. The van der Waals surface area contributed by atoms with Gasteiger partial charge in [0.15, 0.2) is 0 Å². The fourth-order valence-corrected chi connectivity index (χ4v) is 1.95. The molecule has 100 valence electrons. The molecule has 1 unspecified atom stereocenters. The summed E-state index contributed by atoms with van der Waals surface area (Å²) in [6, 6.07) is 1.77. The molecule has 0 saturated heterocycles. The lowest BCUT2D eigenvalue weighted by Gasteiger charge is -2.27. The molecular formula is C12H20N4O2. The predicted molar refractivity (Wildman–Crippen MR) is 66.8 cm³/mol. The number of ether oxygens (including phenoxy) is 1. The van der Waals surface area contributed by atoms with E-state index in [1.165, 1.54) is 0 Å². The van der Waals surface area contributed by atoms with E-state index >= 15 is 0 Å². The zero-order valence-corrected chi connectivity index (χ0v) is 11.1. The molecule has 0 saturated carbocycles. The second-order valence-corrected chi connectivity index (χ2v) is 5.63. The number of aromatic nitrogens is 2. The molecule has 18 heavy (non-hydrogen) atoms. The van der Waals surface area contributed by atoms with E-state index in [1.807, 2.05) is 31.5 Å². The summed E-state index contributed by atoms with van der Waals surface area (Å²) in [6.07, 6.45) is 1.40. The summed E-state index contributed by atoms with van der Waals surface area (Å²) < 4.78 is 7.22. The Morgan fingerprint density at radius 2 is 2.22 bits per heavy atom. The Morgan fingerprint density at radius 3 is 2.89 bits per heavy atom. The highest BCUT2D eigenvalue weighted by molar-refractivity contribution is 5.68. The summed E-state index contributed by atoms with van der Waals surface area (Å²) in [6.45, 7) is 7.16. The van der Waals surface area contributed by atoms with Crippen LogP contribution < -0.4 is 5.73 Å². The molecular weight excluding hydrogens is 232 g/mol. The Morgan fingerprint density at radius 1 is 1.50 bits per heavy atom. The number of amides is 1. The number of hydrogen-bond donors (Lipinski definition) is 1. The number of nitrogens with zero attached hydrogens (tertiary/aromatic N) is 3. The Labute approximate surface area is 107 Å². The van der Waals surface area contributed by atoms with E-state index in [2.05, 4.69) is 5.10 Å². The second kappa shape index (κ2) is 4.61. The zero-order chi connectivity index (χ0) is 13.3. The van der Waals surface area contributed by atoms with Crippen molar-refractivity contribution in [2.75, 3.05) is 6.54 Å². The minimum Gasteiger partial charge on any atom is -0.444 e. The van der Waals surface area contributed by atoms with E-state index in [9.17, 15) is 4.79 Å².